The van der Waals surface area contributed by atoms with Crippen LogP contribution in [0.15, 0.2) is 34.7 Å². The minimum Gasteiger partial charge on any atom is -0.459 e. The highest BCUT2D eigenvalue weighted by atomic mass is 16.5. The normalized spacial score (nSPS) is 15.0. The van der Waals surface area contributed by atoms with E-state index >= 15 is 0 Å². The molecule has 0 saturated heterocycles. The van der Waals surface area contributed by atoms with Crippen LogP contribution in [-0.2, 0) is 4.74 Å². The molecule has 0 fully saturated rings. The molecule has 0 aliphatic carbocycles. The van der Waals surface area contributed by atoms with Gasteiger partial charge in [0.2, 0.25) is 0 Å². The number of rotatable bonds is 5. The lowest BCUT2D eigenvalue weighted by atomic mass is 10.1. The van der Waals surface area contributed by atoms with Crippen molar-refractivity contribution in [1.82, 2.24) is 5.32 Å². The van der Waals surface area contributed by atoms with E-state index in [1.807, 2.05) is 25.2 Å². The Balaban J connectivity index is 2.24. The number of hydrogen-bond donors (Lipinski definition) is 1. The van der Waals surface area contributed by atoms with Crippen molar-refractivity contribution in [3.63, 3.8) is 0 Å². The number of furan rings is 1. The molecule has 1 aromatic heterocycles. The summed E-state index contributed by atoms with van der Waals surface area (Å²) in [4.78, 5) is 0. The summed E-state index contributed by atoms with van der Waals surface area (Å²) in [5, 5.41) is 4.42. The zero-order valence-electron chi connectivity index (χ0n) is 10.6. The van der Waals surface area contributed by atoms with Crippen molar-refractivity contribution in [2.45, 2.75) is 25.5 Å². The molecular weight excluding hydrogens is 214 g/mol. The van der Waals surface area contributed by atoms with Gasteiger partial charge in [-0.3, -0.25) is 0 Å². The molecule has 1 aromatic carbocycles. The van der Waals surface area contributed by atoms with Crippen molar-refractivity contribution in [3.8, 4) is 0 Å². The molecule has 0 saturated carbocycles. The smallest absolute Gasteiger partial charge is 0.134 e. The van der Waals surface area contributed by atoms with Crippen LogP contribution in [0.3, 0.4) is 0 Å². The van der Waals surface area contributed by atoms with Crippen molar-refractivity contribution in [3.05, 3.63) is 36.1 Å². The molecule has 1 N–H and O–H groups in total. The van der Waals surface area contributed by atoms with Gasteiger partial charge in [0.05, 0.1) is 12.1 Å². The topological polar surface area (TPSA) is 34.4 Å². The summed E-state index contributed by atoms with van der Waals surface area (Å²) < 4.78 is 11.1. The van der Waals surface area contributed by atoms with Crippen LogP contribution in [0.4, 0.5) is 0 Å². The van der Waals surface area contributed by atoms with E-state index in [0.29, 0.717) is 0 Å². The summed E-state index contributed by atoms with van der Waals surface area (Å²) in [7, 11) is 3.68. The van der Waals surface area contributed by atoms with E-state index in [9.17, 15) is 0 Å². The zero-order valence-corrected chi connectivity index (χ0v) is 10.6. The quantitative estimate of drug-likeness (QED) is 0.861. The summed E-state index contributed by atoms with van der Waals surface area (Å²) in [6.45, 7) is 2.06. The summed E-state index contributed by atoms with van der Waals surface area (Å²) in [6, 6.07) is 10.4. The van der Waals surface area contributed by atoms with Crippen molar-refractivity contribution in [2.24, 2.45) is 0 Å². The van der Waals surface area contributed by atoms with Crippen molar-refractivity contribution in [2.75, 3.05) is 14.2 Å². The molecule has 2 rings (SSSR count). The molecule has 0 spiro atoms. The lowest BCUT2D eigenvalue weighted by Crippen LogP contribution is -2.21. The van der Waals surface area contributed by atoms with Gasteiger partial charge < -0.3 is 14.5 Å². The predicted molar refractivity (Wildman–Crippen MR) is 69.1 cm³/mol. The van der Waals surface area contributed by atoms with Crippen LogP contribution >= 0.6 is 0 Å². The molecule has 3 heteroatoms. The van der Waals surface area contributed by atoms with E-state index in [2.05, 4.69) is 24.4 Å². The summed E-state index contributed by atoms with van der Waals surface area (Å²) in [5.41, 5.74) is 0.938. The van der Waals surface area contributed by atoms with Crippen LogP contribution in [0.25, 0.3) is 11.0 Å². The third kappa shape index (κ3) is 2.68. The number of methoxy groups -OCH3 is 1. The third-order valence-corrected chi connectivity index (χ3v) is 3.11. The Morgan fingerprint density at radius 3 is 2.76 bits per heavy atom. The Bertz CT molecular complexity index is 445. The van der Waals surface area contributed by atoms with Gasteiger partial charge in [-0.2, -0.15) is 0 Å². The highest BCUT2D eigenvalue weighted by molar-refractivity contribution is 5.77. The summed E-state index contributed by atoms with van der Waals surface area (Å²) in [6.07, 6.45) is 1.10. The molecule has 0 aliphatic heterocycles. The second-order valence-corrected chi connectivity index (χ2v) is 4.31. The second kappa shape index (κ2) is 5.34. The van der Waals surface area contributed by atoms with Crippen molar-refractivity contribution in [1.29, 1.82) is 0 Å². The number of nitrogens with one attached hydrogen (secondary N) is 1. The van der Waals surface area contributed by atoms with E-state index < -0.39 is 0 Å². The van der Waals surface area contributed by atoms with Crippen LogP contribution in [0, 0.1) is 0 Å². The molecule has 1 heterocycles. The first kappa shape index (κ1) is 12.1. The van der Waals surface area contributed by atoms with Gasteiger partial charge in [0.1, 0.15) is 11.3 Å². The van der Waals surface area contributed by atoms with Gasteiger partial charge >= 0.3 is 0 Å². The minimum absolute atomic E-state index is 0.192. The lowest BCUT2D eigenvalue weighted by Gasteiger charge is -2.17. The SMILES string of the molecule is CNC(CC(C)OC)c1cc2ccccc2o1. The standard InChI is InChI=1S/C14H19NO2/c1-10(16-3)8-12(15-2)14-9-11-6-4-5-7-13(11)17-14/h4-7,9-10,12,15H,8H2,1-3H3. The van der Waals surface area contributed by atoms with E-state index in [0.717, 1.165) is 23.2 Å². The largest absolute Gasteiger partial charge is 0.459 e. The third-order valence-electron chi connectivity index (χ3n) is 3.11. The monoisotopic (exact) mass is 233 g/mol. The van der Waals surface area contributed by atoms with Crippen LogP contribution in [-0.4, -0.2) is 20.3 Å². The number of fused-ring (bicyclic) bond motifs is 1. The number of benzene rings is 1. The molecule has 0 bridgehead atoms. The van der Waals surface area contributed by atoms with Crippen LogP contribution in [0.1, 0.15) is 25.1 Å². The molecule has 2 atom stereocenters. The molecule has 2 unspecified atom stereocenters. The van der Waals surface area contributed by atoms with Crippen LogP contribution in [0.5, 0.6) is 0 Å². The van der Waals surface area contributed by atoms with Gasteiger partial charge in [-0.25, -0.2) is 0 Å². The number of ether oxygens (including phenoxy) is 1. The zero-order chi connectivity index (χ0) is 12.3. The fourth-order valence-corrected chi connectivity index (χ4v) is 1.98. The fourth-order valence-electron chi connectivity index (χ4n) is 1.98. The van der Waals surface area contributed by atoms with E-state index in [1.54, 1.807) is 7.11 Å². The van der Waals surface area contributed by atoms with E-state index in [-0.39, 0.29) is 12.1 Å². The van der Waals surface area contributed by atoms with Crippen LogP contribution in [0.2, 0.25) is 0 Å². The number of para-hydroxylation sites is 1. The molecule has 92 valence electrons. The second-order valence-electron chi connectivity index (χ2n) is 4.31. The Morgan fingerprint density at radius 2 is 2.12 bits per heavy atom. The highest BCUT2D eigenvalue weighted by Crippen LogP contribution is 2.26. The van der Waals surface area contributed by atoms with Gasteiger partial charge in [0, 0.05) is 12.5 Å². The first-order chi connectivity index (χ1) is 8.24. The van der Waals surface area contributed by atoms with Gasteiger partial charge in [-0.1, -0.05) is 18.2 Å². The van der Waals surface area contributed by atoms with Gasteiger partial charge in [-0.15, -0.1) is 0 Å². The predicted octanol–water partition coefficient (Wildman–Crippen LogP) is 3.12. The van der Waals surface area contributed by atoms with Gasteiger partial charge in [0.25, 0.3) is 0 Å². The summed E-state index contributed by atoms with van der Waals surface area (Å²) in [5.74, 6) is 0.970. The Labute approximate surface area is 102 Å². The molecule has 0 amide bonds. The first-order valence-electron chi connectivity index (χ1n) is 5.93. The maximum absolute atomic E-state index is 5.85. The average Bonchev–Trinajstić information content (AvgIpc) is 2.78. The van der Waals surface area contributed by atoms with Crippen molar-refractivity contribution < 1.29 is 9.15 Å². The maximum Gasteiger partial charge on any atom is 0.134 e. The van der Waals surface area contributed by atoms with E-state index in [1.165, 1.54) is 0 Å². The lowest BCUT2D eigenvalue weighted by molar-refractivity contribution is 0.0988. The Morgan fingerprint density at radius 1 is 1.35 bits per heavy atom. The Hall–Kier alpha value is -1.32. The van der Waals surface area contributed by atoms with Crippen LogP contribution < -0.4 is 5.32 Å². The maximum atomic E-state index is 5.85. The minimum atomic E-state index is 0.192. The molecular formula is C14H19NO2. The Kier molecular flexibility index (Phi) is 3.82. The average molecular weight is 233 g/mol. The fraction of sp³-hybridized carbons (Fsp3) is 0.429. The number of hydrogen-bond acceptors (Lipinski definition) is 3. The van der Waals surface area contributed by atoms with Crippen molar-refractivity contribution >= 4 is 11.0 Å². The molecule has 0 radical (unpaired) electrons. The van der Waals surface area contributed by atoms with E-state index in [4.69, 9.17) is 9.15 Å². The molecule has 17 heavy (non-hydrogen) atoms. The van der Waals surface area contributed by atoms with Gasteiger partial charge in [-0.05, 0) is 32.5 Å². The first-order valence-corrected chi connectivity index (χ1v) is 5.93. The molecule has 3 nitrogen and oxygen atoms in total. The summed E-state index contributed by atoms with van der Waals surface area (Å²) >= 11 is 0. The molecule has 2 aromatic rings. The van der Waals surface area contributed by atoms with Gasteiger partial charge in [0.15, 0.2) is 0 Å². The molecule has 0 aliphatic rings. The highest BCUT2D eigenvalue weighted by Gasteiger charge is 2.17.